The van der Waals surface area contributed by atoms with Crippen molar-refractivity contribution in [2.24, 2.45) is 0 Å². The Kier molecular flexibility index (Phi) is 4.79. The molecule has 0 N–H and O–H groups in total. The third-order valence-electron chi connectivity index (χ3n) is 4.36. The molecule has 0 aliphatic carbocycles. The maximum atomic E-state index is 3.02. The van der Waals surface area contributed by atoms with E-state index in [1.165, 1.54) is 22.0 Å². The van der Waals surface area contributed by atoms with Crippen LogP contribution in [-0.4, -0.2) is 0 Å². The van der Waals surface area contributed by atoms with Crippen molar-refractivity contribution >= 4 is 14.5 Å². The van der Waals surface area contributed by atoms with E-state index in [1.54, 1.807) is 11.1 Å². The molecule has 0 nitrogen and oxygen atoms in total. The maximum Gasteiger partial charge on any atom is -0.0123 e. The van der Waals surface area contributed by atoms with Crippen LogP contribution in [0.2, 0.25) is 0 Å². The van der Waals surface area contributed by atoms with Crippen molar-refractivity contribution in [2.45, 2.75) is 92.4 Å². The smallest absolute Gasteiger partial charge is 0.0123 e. The molecule has 21 heavy (non-hydrogen) atoms. The first-order valence-corrected chi connectivity index (χ1v) is 8.62. The Morgan fingerprint density at radius 3 is 1.14 bits per heavy atom. The molecule has 0 heterocycles. The molecule has 1 atom stereocenters. The summed E-state index contributed by atoms with van der Waals surface area (Å²) in [5.74, 6) is 0. The fraction of sp³-hybridized carbons (Fsp3) is 0.700. The van der Waals surface area contributed by atoms with Gasteiger partial charge in [-0.2, -0.15) is 0 Å². The lowest BCUT2D eigenvalue weighted by molar-refractivity contribution is 0.497. The highest BCUT2D eigenvalue weighted by Crippen LogP contribution is 2.43. The van der Waals surface area contributed by atoms with Crippen LogP contribution < -0.4 is 5.30 Å². The summed E-state index contributed by atoms with van der Waals surface area (Å²) in [4.78, 5) is 0. The van der Waals surface area contributed by atoms with Crippen molar-refractivity contribution < 1.29 is 0 Å². The molecule has 1 aromatic carbocycles. The minimum absolute atomic E-state index is 0.148. The lowest BCUT2D eigenvalue weighted by Crippen LogP contribution is -2.34. The Bertz CT molecular complexity index is 502. The topological polar surface area (TPSA) is 0 Å². The predicted octanol–water partition coefficient (Wildman–Crippen LogP) is 5.70. The molecule has 0 spiro atoms. The number of hydrogen-bond donors (Lipinski definition) is 0. The Morgan fingerprint density at radius 2 is 0.857 bits per heavy atom. The monoisotopic (exact) mass is 306 g/mol. The van der Waals surface area contributed by atoms with Crippen LogP contribution in [0.15, 0.2) is 0 Å². The van der Waals surface area contributed by atoms with Crippen molar-refractivity contribution in [2.75, 3.05) is 0 Å². The minimum Gasteiger partial charge on any atom is -0.105 e. The molecule has 0 radical (unpaired) electrons. The average molecular weight is 306 g/mol. The first-order chi connectivity index (χ1) is 9.10. The first kappa shape index (κ1) is 18.7. The lowest BCUT2D eigenvalue weighted by atomic mass is 9.66. The number of hydrogen-bond acceptors (Lipinski definition) is 0. The van der Waals surface area contributed by atoms with E-state index in [0.717, 1.165) is 0 Å². The number of rotatable bonds is 0. The van der Waals surface area contributed by atoms with Crippen LogP contribution >= 0.6 is 9.24 Å². The van der Waals surface area contributed by atoms with E-state index in [0.29, 0.717) is 0 Å². The average Bonchev–Trinajstić information content (AvgIpc) is 2.19. The molecule has 0 bridgehead atoms. The predicted molar refractivity (Wildman–Crippen MR) is 101 cm³/mol. The van der Waals surface area contributed by atoms with Gasteiger partial charge in [0.15, 0.2) is 0 Å². The molecular weight excluding hydrogens is 271 g/mol. The second-order valence-corrected chi connectivity index (χ2v) is 10.1. The van der Waals surface area contributed by atoms with Gasteiger partial charge in [-0.05, 0) is 63.2 Å². The van der Waals surface area contributed by atoms with Gasteiger partial charge in [-0.15, -0.1) is 9.24 Å². The van der Waals surface area contributed by atoms with E-state index in [4.69, 9.17) is 0 Å². The highest BCUT2D eigenvalue weighted by Gasteiger charge is 2.35. The van der Waals surface area contributed by atoms with Crippen molar-refractivity contribution in [1.29, 1.82) is 0 Å². The van der Waals surface area contributed by atoms with Gasteiger partial charge in [-0.3, -0.25) is 0 Å². The van der Waals surface area contributed by atoms with Gasteiger partial charge in [-0.25, -0.2) is 0 Å². The molecule has 0 fully saturated rings. The molecule has 0 aliphatic rings. The summed E-state index contributed by atoms with van der Waals surface area (Å²) in [6.07, 6.45) is 0. The van der Waals surface area contributed by atoms with E-state index < -0.39 is 0 Å². The van der Waals surface area contributed by atoms with Gasteiger partial charge in [-0.1, -0.05) is 62.3 Å². The Morgan fingerprint density at radius 1 is 0.524 bits per heavy atom. The summed E-state index contributed by atoms with van der Waals surface area (Å²) >= 11 is 0. The normalized spacial score (nSPS) is 13.7. The molecule has 0 amide bonds. The fourth-order valence-corrected chi connectivity index (χ4v) is 4.28. The van der Waals surface area contributed by atoms with Crippen molar-refractivity contribution in [3.05, 3.63) is 27.8 Å². The quantitative estimate of drug-likeness (QED) is 0.540. The summed E-state index contributed by atoms with van der Waals surface area (Å²) in [6, 6.07) is 0. The van der Waals surface area contributed by atoms with Gasteiger partial charge >= 0.3 is 0 Å². The van der Waals surface area contributed by atoms with Crippen molar-refractivity contribution in [3.8, 4) is 0 Å². The van der Waals surface area contributed by atoms with Gasteiger partial charge in [0.25, 0.3) is 0 Å². The van der Waals surface area contributed by atoms with Gasteiger partial charge in [0, 0.05) is 0 Å². The molecule has 0 saturated heterocycles. The molecule has 120 valence electrons. The second-order valence-electron chi connectivity index (χ2n) is 9.54. The third kappa shape index (κ3) is 3.53. The zero-order chi connectivity index (χ0) is 17.0. The summed E-state index contributed by atoms with van der Waals surface area (Å²) in [6.45, 7) is 25.7. The fourth-order valence-electron chi connectivity index (χ4n) is 3.49. The highest BCUT2D eigenvalue weighted by molar-refractivity contribution is 7.27. The molecule has 1 heteroatoms. The molecule has 1 rings (SSSR count). The van der Waals surface area contributed by atoms with Gasteiger partial charge in [0.1, 0.15) is 0 Å². The third-order valence-corrected chi connectivity index (χ3v) is 5.08. The van der Waals surface area contributed by atoms with Crippen LogP contribution in [0.1, 0.15) is 90.1 Å². The zero-order valence-electron chi connectivity index (χ0n) is 16.1. The van der Waals surface area contributed by atoms with Gasteiger partial charge in [0.05, 0.1) is 0 Å². The standard InChI is InChI=1S/C20H35P/c1-12-13(2)17(21)16(20(9,10)11)15(19(6,7)8)14(12)18(3,4)5/h21H2,1-11H3. The molecule has 1 aromatic rings. The van der Waals surface area contributed by atoms with E-state index in [9.17, 15) is 0 Å². The Hall–Kier alpha value is -0.350. The largest absolute Gasteiger partial charge is 0.105 e. The molecule has 0 aliphatic heterocycles. The molecule has 1 unspecified atom stereocenters. The van der Waals surface area contributed by atoms with Gasteiger partial charge in [0.2, 0.25) is 0 Å². The van der Waals surface area contributed by atoms with Crippen LogP contribution in [0, 0.1) is 13.8 Å². The molecule has 0 saturated carbocycles. The second kappa shape index (κ2) is 5.38. The lowest BCUT2D eigenvalue weighted by Gasteiger charge is -2.39. The van der Waals surface area contributed by atoms with Crippen LogP contribution in [0.25, 0.3) is 0 Å². The van der Waals surface area contributed by atoms with E-state index >= 15 is 0 Å². The summed E-state index contributed by atoms with van der Waals surface area (Å²) in [7, 11) is 3.02. The zero-order valence-corrected chi connectivity index (χ0v) is 17.2. The molecular formula is C20H35P. The maximum absolute atomic E-state index is 3.02. The van der Waals surface area contributed by atoms with Gasteiger partial charge < -0.3 is 0 Å². The highest BCUT2D eigenvalue weighted by atomic mass is 31.0. The van der Waals surface area contributed by atoms with Crippen LogP contribution in [0.5, 0.6) is 0 Å². The van der Waals surface area contributed by atoms with E-state index in [1.807, 2.05) is 0 Å². The van der Waals surface area contributed by atoms with E-state index in [-0.39, 0.29) is 16.2 Å². The molecule has 0 aromatic heterocycles. The van der Waals surface area contributed by atoms with E-state index in [2.05, 4.69) is 85.4 Å². The first-order valence-electron chi connectivity index (χ1n) is 8.04. The Balaban J connectivity index is 4.12. The SMILES string of the molecule is Cc1c(C)c(C(C)(C)C)c(C(C)(C)C)c(C(C)(C)C)c1P. The van der Waals surface area contributed by atoms with Crippen molar-refractivity contribution in [3.63, 3.8) is 0 Å². The van der Waals surface area contributed by atoms with Crippen LogP contribution in [0.4, 0.5) is 0 Å². The summed E-state index contributed by atoms with van der Waals surface area (Å²) in [5, 5.41) is 1.40. The number of benzene rings is 1. The summed E-state index contributed by atoms with van der Waals surface area (Å²) < 4.78 is 0. The van der Waals surface area contributed by atoms with Crippen LogP contribution in [-0.2, 0) is 16.2 Å². The summed E-state index contributed by atoms with van der Waals surface area (Å²) in [5.41, 5.74) is 7.98. The van der Waals surface area contributed by atoms with Crippen LogP contribution in [0.3, 0.4) is 0 Å². The Labute approximate surface area is 135 Å². The minimum atomic E-state index is 0.148. The van der Waals surface area contributed by atoms with Crippen molar-refractivity contribution in [1.82, 2.24) is 0 Å².